The maximum absolute atomic E-state index is 12.1. The lowest BCUT2D eigenvalue weighted by Crippen LogP contribution is -2.40. The molecule has 0 spiro atoms. The summed E-state index contributed by atoms with van der Waals surface area (Å²) < 4.78 is 46.3. The molecule has 1 aromatic heterocycles. The highest BCUT2D eigenvalue weighted by molar-refractivity contribution is 6.30. The third kappa shape index (κ3) is 5.53. The molecule has 1 N–H and O–H groups in total. The first kappa shape index (κ1) is 18.9. The number of esters is 1. The summed E-state index contributed by atoms with van der Waals surface area (Å²) in [5.41, 5.74) is 0.666. The van der Waals surface area contributed by atoms with Gasteiger partial charge in [0.05, 0.1) is 0 Å². The van der Waals surface area contributed by atoms with Gasteiger partial charge in [0.15, 0.2) is 6.10 Å². The lowest BCUT2D eigenvalue weighted by atomic mass is 10.2. The van der Waals surface area contributed by atoms with Crippen molar-refractivity contribution in [2.75, 3.05) is 6.54 Å². The van der Waals surface area contributed by atoms with Crippen LogP contribution in [0.2, 0.25) is 5.02 Å². The predicted molar refractivity (Wildman–Crippen MR) is 83.1 cm³/mol. The third-order valence-electron chi connectivity index (χ3n) is 3.05. The van der Waals surface area contributed by atoms with Crippen LogP contribution in [0.1, 0.15) is 17.5 Å². The van der Waals surface area contributed by atoms with Gasteiger partial charge in [0.1, 0.15) is 12.3 Å². The highest BCUT2D eigenvalue weighted by atomic mass is 35.5. The van der Waals surface area contributed by atoms with E-state index in [0.29, 0.717) is 16.3 Å². The minimum atomic E-state index is -4.55. The number of hydrogen-bond donors (Lipinski definition) is 1. The van der Waals surface area contributed by atoms with Crippen LogP contribution in [0.25, 0.3) is 11.3 Å². The van der Waals surface area contributed by atoms with E-state index < -0.39 is 30.7 Å². The first-order valence-corrected chi connectivity index (χ1v) is 7.45. The van der Waals surface area contributed by atoms with Gasteiger partial charge in [-0.2, -0.15) is 13.2 Å². The number of nitrogens with one attached hydrogen (secondary N) is 1. The second-order valence-corrected chi connectivity index (χ2v) is 5.49. The standard InChI is InChI=1S/C16H13ClF3NO4/c1-9(14(22)21-8-16(18,19)20)24-15(23)13-7-6-12(25-13)10-2-4-11(17)5-3-10/h2-7,9H,8H2,1H3,(H,21,22)/t9-/m1/s1. The number of amides is 1. The molecule has 1 aromatic carbocycles. The Balaban J connectivity index is 1.97. The number of ether oxygens (including phenoxy) is 1. The third-order valence-corrected chi connectivity index (χ3v) is 3.30. The maximum atomic E-state index is 12.1. The molecule has 2 aromatic rings. The van der Waals surface area contributed by atoms with E-state index >= 15 is 0 Å². The maximum Gasteiger partial charge on any atom is 0.405 e. The molecular formula is C16H13ClF3NO4. The van der Waals surface area contributed by atoms with E-state index in [1.807, 2.05) is 0 Å². The molecule has 0 aliphatic rings. The largest absolute Gasteiger partial charge is 0.449 e. The predicted octanol–water partition coefficient (Wildman–Crippen LogP) is 3.82. The van der Waals surface area contributed by atoms with Gasteiger partial charge in [-0.25, -0.2) is 4.79 Å². The molecule has 0 aliphatic carbocycles. The second-order valence-electron chi connectivity index (χ2n) is 5.05. The van der Waals surface area contributed by atoms with Gasteiger partial charge in [-0.1, -0.05) is 11.6 Å². The van der Waals surface area contributed by atoms with Gasteiger partial charge < -0.3 is 14.5 Å². The SMILES string of the molecule is C[C@@H](OC(=O)c1ccc(-c2ccc(Cl)cc2)o1)C(=O)NCC(F)(F)F. The molecule has 0 bridgehead atoms. The number of carbonyl (C=O) groups excluding carboxylic acids is 2. The molecule has 9 heteroatoms. The lowest BCUT2D eigenvalue weighted by molar-refractivity contribution is -0.143. The molecule has 2 rings (SSSR count). The molecule has 134 valence electrons. The van der Waals surface area contributed by atoms with Crippen molar-refractivity contribution >= 4 is 23.5 Å². The summed E-state index contributed by atoms with van der Waals surface area (Å²) in [6.45, 7) is -0.345. The highest BCUT2D eigenvalue weighted by Crippen LogP contribution is 2.24. The van der Waals surface area contributed by atoms with Gasteiger partial charge in [-0.05, 0) is 43.3 Å². The average molecular weight is 376 g/mol. The van der Waals surface area contributed by atoms with E-state index in [1.54, 1.807) is 29.6 Å². The number of alkyl halides is 3. The fraction of sp³-hybridized carbons (Fsp3) is 0.250. The Labute approximate surface area is 145 Å². The molecule has 0 unspecified atom stereocenters. The topological polar surface area (TPSA) is 68.5 Å². The van der Waals surface area contributed by atoms with Crippen molar-refractivity contribution in [3.05, 3.63) is 47.2 Å². The van der Waals surface area contributed by atoms with E-state index in [-0.39, 0.29) is 5.76 Å². The van der Waals surface area contributed by atoms with E-state index in [4.69, 9.17) is 20.8 Å². The number of hydrogen-bond acceptors (Lipinski definition) is 4. The van der Waals surface area contributed by atoms with E-state index in [1.165, 1.54) is 12.1 Å². The van der Waals surface area contributed by atoms with Crippen molar-refractivity contribution in [2.45, 2.75) is 19.2 Å². The quantitative estimate of drug-likeness (QED) is 0.806. The van der Waals surface area contributed by atoms with Crippen molar-refractivity contribution in [1.29, 1.82) is 0 Å². The van der Waals surface area contributed by atoms with Gasteiger partial charge in [-0.3, -0.25) is 4.79 Å². The summed E-state index contributed by atoms with van der Waals surface area (Å²) in [5, 5.41) is 2.17. The molecule has 0 aliphatic heterocycles. The van der Waals surface area contributed by atoms with Gasteiger partial charge in [0.2, 0.25) is 5.76 Å². The van der Waals surface area contributed by atoms with Crippen LogP contribution in [0, 0.1) is 0 Å². The number of furan rings is 1. The molecule has 0 fully saturated rings. The van der Waals surface area contributed by atoms with E-state index in [9.17, 15) is 22.8 Å². The van der Waals surface area contributed by atoms with Crippen molar-refractivity contribution < 1.29 is 31.9 Å². The van der Waals surface area contributed by atoms with Crippen LogP contribution < -0.4 is 5.32 Å². The Morgan fingerprint density at radius 3 is 2.44 bits per heavy atom. The number of halogens is 4. The molecule has 1 atom stereocenters. The van der Waals surface area contributed by atoms with Crippen LogP contribution in [0.5, 0.6) is 0 Å². The Kier molecular flexibility index (Phi) is 5.73. The van der Waals surface area contributed by atoms with Gasteiger partial charge in [-0.15, -0.1) is 0 Å². The molecule has 1 heterocycles. The van der Waals surface area contributed by atoms with E-state index in [0.717, 1.165) is 6.92 Å². The van der Waals surface area contributed by atoms with E-state index in [2.05, 4.69) is 0 Å². The van der Waals surface area contributed by atoms with Gasteiger partial charge in [0.25, 0.3) is 5.91 Å². The Morgan fingerprint density at radius 2 is 1.84 bits per heavy atom. The Morgan fingerprint density at radius 1 is 1.20 bits per heavy atom. The number of carbonyl (C=O) groups is 2. The highest BCUT2D eigenvalue weighted by Gasteiger charge is 2.29. The zero-order valence-corrected chi connectivity index (χ0v) is 13.6. The van der Waals surface area contributed by atoms with Gasteiger partial charge in [0, 0.05) is 10.6 Å². The zero-order valence-electron chi connectivity index (χ0n) is 12.9. The summed E-state index contributed by atoms with van der Waals surface area (Å²) in [6, 6.07) is 9.52. The molecule has 1 amide bonds. The van der Waals surface area contributed by atoms with Crippen LogP contribution in [0.15, 0.2) is 40.8 Å². The van der Waals surface area contributed by atoms with Crippen molar-refractivity contribution in [3.63, 3.8) is 0 Å². The summed E-state index contributed by atoms with van der Waals surface area (Å²) in [4.78, 5) is 23.4. The average Bonchev–Trinajstić information content (AvgIpc) is 3.02. The normalized spacial score (nSPS) is 12.5. The molecule has 0 saturated carbocycles. The second kappa shape index (κ2) is 7.60. The minimum absolute atomic E-state index is 0.180. The number of benzene rings is 1. The first-order chi connectivity index (χ1) is 11.7. The Bertz CT molecular complexity index is 755. The molecule has 5 nitrogen and oxygen atoms in total. The van der Waals surface area contributed by atoms with Gasteiger partial charge >= 0.3 is 12.1 Å². The monoisotopic (exact) mass is 375 g/mol. The molecule has 0 radical (unpaired) electrons. The smallest absolute Gasteiger partial charge is 0.405 e. The number of rotatable bonds is 5. The van der Waals surface area contributed by atoms with Crippen LogP contribution >= 0.6 is 11.6 Å². The summed E-state index contributed by atoms with van der Waals surface area (Å²) in [5.74, 6) is -1.83. The molecular weight excluding hydrogens is 363 g/mol. The molecule has 25 heavy (non-hydrogen) atoms. The van der Waals surface area contributed by atoms with Crippen LogP contribution in [-0.4, -0.2) is 30.7 Å². The summed E-state index contributed by atoms with van der Waals surface area (Å²) in [7, 11) is 0. The summed E-state index contributed by atoms with van der Waals surface area (Å²) in [6.07, 6.45) is -5.95. The van der Waals surface area contributed by atoms with Crippen molar-refractivity contribution in [3.8, 4) is 11.3 Å². The van der Waals surface area contributed by atoms with Crippen LogP contribution in [0.3, 0.4) is 0 Å². The lowest BCUT2D eigenvalue weighted by Gasteiger charge is -2.13. The van der Waals surface area contributed by atoms with Crippen LogP contribution in [0.4, 0.5) is 13.2 Å². The zero-order chi connectivity index (χ0) is 18.6. The Hall–Kier alpha value is -2.48. The van der Waals surface area contributed by atoms with Crippen molar-refractivity contribution in [2.24, 2.45) is 0 Å². The molecule has 0 saturated heterocycles. The minimum Gasteiger partial charge on any atom is -0.449 e. The van der Waals surface area contributed by atoms with Crippen molar-refractivity contribution in [1.82, 2.24) is 5.32 Å². The fourth-order valence-corrected chi connectivity index (χ4v) is 1.95. The summed E-state index contributed by atoms with van der Waals surface area (Å²) >= 11 is 5.78. The van der Waals surface area contributed by atoms with Crippen LogP contribution in [-0.2, 0) is 9.53 Å². The first-order valence-electron chi connectivity index (χ1n) is 7.07. The fourth-order valence-electron chi connectivity index (χ4n) is 1.82.